The molecule has 3 nitrogen and oxygen atoms in total. The van der Waals surface area contributed by atoms with Gasteiger partial charge in [-0.25, -0.2) is 4.39 Å². The molecule has 4 heteroatoms. The molecule has 1 aromatic carbocycles. The van der Waals surface area contributed by atoms with Gasteiger partial charge in [-0.3, -0.25) is 4.79 Å². The lowest BCUT2D eigenvalue weighted by atomic mass is 9.84. The van der Waals surface area contributed by atoms with E-state index in [1.54, 1.807) is 12.1 Å². The Balaban J connectivity index is 1.45. The predicted octanol–water partition coefficient (Wildman–Crippen LogP) is 3.18. The van der Waals surface area contributed by atoms with Crippen LogP contribution in [0.3, 0.4) is 0 Å². The number of nitrogens with one attached hydrogen (secondary N) is 2. The predicted molar refractivity (Wildman–Crippen MR) is 81.4 cm³/mol. The van der Waals surface area contributed by atoms with Crippen molar-refractivity contribution < 1.29 is 9.18 Å². The van der Waals surface area contributed by atoms with Crippen LogP contribution in [0.2, 0.25) is 0 Å². The molecule has 3 rings (SSSR count). The molecule has 0 heterocycles. The Bertz CT molecular complexity index is 519. The van der Waals surface area contributed by atoms with Crippen LogP contribution in [0.5, 0.6) is 0 Å². The van der Waals surface area contributed by atoms with E-state index in [-0.39, 0.29) is 18.3 Å². The first-order chi connectivity index (χ1) is 10.1. The van der Waals surface area contributed by atoms with Crippen LogP contribution >= 0.6 is 0 Å². The Kier molecular flexibility index (Phi) is 4.24. The zero-order valence-electron chi connectivity index (χ0n) is 12.4. The largest absolute Gasteiger partial charge is 0.325 e. The molecule has 0 radical (unpaired) electrons. The summed E-state index contributed by atoms with van der Waals surface area (Å²) < 4.78 is 13.1. The van der Waals surface area contributed by atoms with Crippen LogP contribution in [-0.2, 0) is 4.79 Å². The maximum atomic E-state index is 13.1. The molecule has 2 N–H and O–H groups in total. The number of carbonyl (C=O) groups excluding carboxylic acids is 1. The normalized spacial score (nSPS) is 28.6. The average molecular weight is 290 g/mol. The van der Waals surface area contributed by atoms with E-state index in [4.69, 9.17) is 0 Å². The molecule has 1 aromatic rings. The maximum absolute atomic E-state index is 13.1. The summed E-state index contributed by atoms with van der Waals surface area (Å²) in [6, 6.07) is 6.36. The standard InChI is InChI=1S/C17H23FN2O/c1-11(16-8-12-5-6-13(16)7-12)19-10-17(21)20-15-4-2-3-14(18)9-15/h2-4,9,11-13,16,19H,5-8,10H2,1H3,(H,20,21). The summed E-state index contributed by atoms with van der Waals surface area (Å²) in [5.41, 5.74) is 0.509. The lowest BCUT2D eigenvalue weighted by Gasteiger charge is -2.28. The van der Waals surface area contributed by atoms with Crippen molar-refractivity contribution in [2.45, 2.75) is 38.6 Å². The second-order valence-electron chi connectivity index (χ2n) is 6.57. The van der Waals surface area contributed by atoms with Gasteiger partial charge >= 0.3 is 0 Å². The molecule has 2 aliphatic carbocycles. The van der Waals surface area contributed by atoms with Gasteiger partial charge in [0.25, 0.3) is 0 Å². The van der Waals surface area contributed by atoms with Crippen LogP contribution in [0.1, 0.15) is 32.6 Å². The quantitative estimate of drug-likeness (QED) is 0.874. The van der Waals surface area contributed by atoms with Gasteiger partial charge in [-0.2, -0.15) is 0 Å². The molecule has 2 bridgehead atoms. The summed E-state index contributed by atoms with van der Waals surface area (Å²) in [7, 11) is 0. The Morgan fingerprint density at radius 1 is 1.38 bits per heavy atom. The Morgan fingerprint density at radius 2 is 2.24 bits per heavy atom. The summed E-state index contributed by atoms with van der Waals surface area (Å²) >= 11 is 0. The molecule has 4 atom stereocenters. The van der Waals surface area contributed by atoms with Crippen molar-refractivity contribution >= 4 is 11.6 Å². The van der Waals surface area contributed by atoms with Crippen LogP contribution in [0.25, 0.3) is 0 Å². The third kappa shape index (κ3) is 3.43. The first-order valence-electron chi connectivity index (χ1n) is 7.90. The number of rotatable bonds is 5. The molecule has 2 fully saturated rings. The van der Waals surface area contributed by atoms with Crippen molar-refractivity contribution in [3.63, 3.8) is 0 Å². The van der Waals surface area contributed by atoms with Gasteiger partial charge in [0.15, 0.2) is 0 Å². The smallest absolute Gasteiger partial charge is 0.238 e. The fourth-order valence-corrected chi connectivity index (χ4v) is 4.08. The van der Waals surface area contributed by atoms with Crippen molar-refractivity contribution in [3.05, 3.63) is 30.1 Å². The van der Waals surface area contributed by atoms with E-state index >= 15 is 0 Å². The number of carbonyl (C=O) groups is 1. The number of halogens is 1. The van der Waals surface area contributed by atoms with Gasteiger partial charge in [0.2, 0.25) is 5.91 Å². The number of fused-ring (bicyclic) bond motifs is 2. The van der Waals surface area contributed by atoms with Gasteiger partial charge in [-0.05, 0) is 62.1 Å². The summed E-state index contributed by atoms with van der Waals surface area (Å²) in [5.74, 6) is 2.03. The van der Waals surface area contributed by atoms with Gasteiger partial charge in [-0.1, -0.05) is 12.5 Å². The first-order valence-corrected chi connectivity index (χ1v) is 7.90. The summed E-state index contributed by atoms with van der Waals surface area (Å²) in [6.07, 6.45) is 5.45. The molecule has 2 aliphatic rings. The molecule has 0 spiro atoms. The molecular formula is C17H23FN2O. The second kappa shape index (κ2) is 6.14. The van der Waals surface area contributed by atoms with Gasteiger partial charge < -0.3 is 10.6 Å². The molecule has 1 amide bonds. The molecule has 0 aromatic heterocycles. The van der Waals surface area contributed by atoms with Crippen LogP contribution in [0, 0.1) is 23.6 Å². The highest BCUT2D eigenvalue weighted by atomic mass is 19.1. The first kappa shape index (κ1) is 14.5. The van der Waals surface area contributed by atoms with E-state index in [0.29, 0.717) is 17.6 Å². The van der Waals surface area contributed by atoms with Crippen LogP contribution in [-0.4, -0.2) is 18.5 Å². The Morgan fingerprint density at radius 3 is 2.90 bits per heavy atom. The molecular weight excluding hydrogens is 267 g/mol. The highest BCUT2D eigenvalue weighted by Crippen LogP contribution is 2.49. The zero-order chi connectivity index (χ0) is 14.8. The van der Waals surface area contributed by atoms with Crippen molar-refractivity contribution in [1.29, 1.82) is 0 Å². The van der Waals surface area contributed by atoms with Gasteiger partial charge in [-0.15, -0.1) is 0 Å². The zero-order valence-corrected chi connectivity index (χ0v) is 12.4. The molecule has 4 unspecified atom stereocenters. The second-order valence-corrected chi connectivity index (χ2v) is 6.57. The lowest BCUT2D eigenvalue weighted by molar-refractivity contribution is -0.115. The molecule has 2 saturated carbocycles. The topological polar surface area (TPSA) is 41.1 Å². The lowest BCUT2D eigenvalue weighted by Crippen LogP contribution is -2.40. The molecule has 21 heavy (non-hydrogen) atoms. The highest BCUT2D eigenvalue weighted by molar-refractivity contribution is 5.92. The summed E-state index contributed by atoms with van der Waals surface area (Å²) in [6.45, 7) is 2.46. The number of anilines is 1. The Hall–Kier alpha value is -1.42. The van der Waals surface area contributed by atoms with E-state index in [0.717, 1.165) is 11.8 Å². The summed E-state index contributed by atoms with van der Waals surface area (Å²) in [4.78, 5) is 11.9. The fraction of sp³-hybridized carbons (Fsp3) is 0.588. The minimum Gasteiger partial charge on any atom is -0.325 e. The van der Waals surface area contributed by atoms with Gasteiger partial charge in [0.05, 0.1) is 6.54 Å². The fourth-order valence-electron chi connectivity index (χ4n) is 4.08. The molecule has 0 aliphatic heterocycles. The SMILES string of the molecule is CC(NCC(=O)Nc1cccc(F)c1)C1CC2CCC1C2. The van der Waals surface area contributed by atoms with E-state index in [1.165, 1.54) is 37.8 Å². The maximum Gasteiger partial charge on any atom is 0.238 e. The van der Waals surface area contributed by atoms with E-state index < -0.39 is 0 Å². The third-order valence-corrected chi connectivity index (χ3v) is 5.13. The molecule has 114 valence electrons. The van der Waals surface area contributed by atoms with E-state index in [2.05, 4.69) is 17.6 Å². The molecule has 0 saturated heterocycles. The van der Waals surface area contributed by atoms with E-state index in [1.807, 2.05) is 0 Å². The highest BCUT2D eigenvalue weighted by Gasteiger charge is 2.41. The van der Waals surface area contributed by atoms with Crippen molar-refractivity contribution in [2.24, 2.45) is 17.8 Å². The number of benzene rings is 1. The Labute approximate surface area is 125 Å². The van der Waals surface area contributed by atoms with Crippen molar-refractivity contribution in [1.82, 2.24) is 5.32 Å². The van der Waals surface area contributed by atoms with Crippen LogP contribution in [0.4, 0.5) is 10.1 Å². The monoisotopic (exact) mass is 290 g/mol. The minimum absolute atomic E-state index is 0.115. The summed E-state index contributed by atoms with van der Waals surface area (Å²) in [5, 5.41) is 6.06. The van der Waals surface area contributed by atoms with Crippen LogP contribution < -0.4 is 10.6 Å². The number of amides is 1. The average Bonchev–Trinajstić information content (AvgIpc) is 3.07. The van der Waals surface area contributed by atoms with Crippen LogP contribution in [0.15, 0.2) is 24.3 Å². The van der Waals surface area contributed by atoms with Gasteiger partial charge in [0.1, 0.15) is 5.82 Å². The minimum atomic E-state index is -0.337. The van der Waals surface area contributed by atoms with E-state index in [9.17, 15) is 9.18 Å². The number of hydrogen-bond donors (Lipinski definition) is 2. The van der Waals surface area contributed by atoms with Crippen molar-refractivity contribution in [2.75, 3.05) is 11.9 Å². The number of hydrogen-bond acceptors (Lipinski definition) is 2. The van der Waals surface area contributed by atoms with Gasteiger partial charge in [0, 0.05) is 11.7 Å². The van der Waals surface area contributed by atoms with Crippen molar-refractivity contribution in [3.8, 4) is 0 Å². The third-order valence-electron chi connectivity index (χ3n) is 5.13.